The van der Waals surface area contributed by atoms with Crippen LogP contribution in [0.1, 0.15) is 37.7 Å². The number of nitrogens with one attached hydrogen (secondary N) is 1. The van der Waals surface area contributed by atoms with Crippen LogP contribution >= 0.6 is 0 Å². The topological polar surface area (TPSA) is 34.4 Å². The molecule has 3 heteroatoms. The Bertz CT molecular complexity index is 514. The lowest BCUT2D eigenvalue weighted by Crippen LogP contribution is -2.22. The second kappa shape index (κ2) is 7.15. The zero-order valence-corrected chi connectivity index (χ0v) is 12.5. The smallest absolute Gasteiger partial charge is 0.146 e. The van der Waals surface area contributed by atoms with Crippen molar-refractivity contribution >= 4 is 0 Å². The maximum Gasteiger partial charge on any atom is 0.146 e. The van der Waals surface area contributed by atoms with E-state index in [1.807, 2.05) is 18.2 Å². The summed E-state index contributed by atoms with van der Waals surface area (Å²) in [5.74, 6) is 1.76. The number of aryl methyl sites for hydroxylation is 1. The molecule has 2 aromatic rings. The minimum Gasteiger partial charge on any atom is -0.486 e. The van der Waals surface area contributed by atoms with Gasteiger partial charge in [-0.2, -0.15) is 0 Å². The van der Waals surface area contributed by atoms with Crippen LogP contribution in [0.3, 0.4) is 0 Å². The molecule has 0 unspecified atom stereocenters. The normalized spacial score (nSPS) is 11.0. The monoisotopic (exact) mass is 273 g/mol. The summed E-state index contributed by atoms with van der Waals surface area (Å²) in [6.07, 6.45) is 2.76. The number of furan rings is 1. The fraction of sp³-hybridized carbons (Fsp3) is 0.412. The second-order valence-electron chi connectivity index (χ2n) is 5.19. The van der Waals surface area contributed by atoms with Gasteiger partial charge in [-0.05, 0) is 30.2 Å². The molecule has 108 valence electrons. The van der Waals surface area contributed by atoms with Gasteiger partial charge in [0.1, 0.15) is 18.1 Å². The first kappa shape index (κ1) is 14.7. The van der Waals surface area contributed by atoms with Crippen molar-refractivity contribution in [2.75, 3.05) is 0 Å². The molecule has 0 atom stereocenters. The molecule has 3 nitrogen and oxygen atoms in total. The highest BCUT2D eigenvalue weighted by Crippen LogP contribution is 2.17. The molecule has 2 rings (SSSR count). The molecular formula is C17H23NO2. The van der Waals surface area contributed by atoms with Crippen LogP contribution in [0.4, 0.5) is 0 Å². The number of hydrogen-bond acceptors (Lipinski definition) is 3. The SMILES string of the molecule is CCc1ccc(OCc2occc2CNC(C)C)cc1. The number of hydrogen-bond donors (Lipinski definition) is 1. The molecule has 0 bridgehead atoms. The highest BCUT2D eigenvalue weighted by molar-refractivity contribution is 5.27. The Balaban J connectivity index is 1.91. The molecule has 0 saturated heterocycles. The van der Waals surface area contributed by atoms with Crippen LogP contribution in [0.15, 0.2) is 41.0 Å². The van der Waals surface area contributed by atoms with Gasteiger partial charge in [0, 0.05) is 18.2 Å². The molecule has 1 aromatic heterocycles. The molecule has 0 aliphatic carbocycles. The van der Waals surface area contributed by atoms with Gasteiger partial charge >= 0.3 is 0 Å². The van der Waals surface area contributed by atoms with E-state index < -0.39 is 0 Å². The van der Waals surface area contributed by atoms with Crippen molar-refractivity contribution in [1.82, 2.24) is 5.32 Å². The van der Waals surface area contributed by atoms with E-state index in [0.29, 0.717) is 12.6 Å². The van der Waals surface area contributed by atoms with Crippen molar-refractivity contribution in [2.45, 2.75) is 46.4 Å². The van der Waals surface area contributed by atoms with Crippen molar-refractivity contribution in [3.05, 3.63) is 53.5 Å². The third kappa shape index (κ3) is 4.14. The molecule has 1 heterocycles. The number of benzene rings is 1. The summed E-state index contributed by atoms with van der Waals surface area (Å²) in [5, 5.41) is 3.39. The fourth-order valence-corrected chi connectivity index (χ4v) is 1.94. The highest BCUT2D eigenvalue weighted by atomic mass is 16.5. The summed E-state index contributed by atoms with van der Waals surface area (Å²) >= 11 is 0. The molecule has 0 saturated carbocycles. The highest BCUT2D eigenvalue weighted by Gasteiger charge is 2.07. The Morgan fingerprint density at radius 3 is 2.55 bits per heavy atom. The van der Waals surface area contributed by atoms with E-state index in [1.165, 1.54) is 5.56 Å². The second-order valence-corrected chi connectivity index (χ2v) is 5.19. The molecule has 0 radical (unpaired) electrons. The quantitative estimate of drug-likeness (QED) is 0.830. The fourth-order valence-electron chi connectivity index (χ4n) is 1.94. The lowest BCUT2D eigenvalue weighted by molar-refractivity contribution is 0.268. The van der Waals surface area contributed by atoms with Gasteiger partial charge in [0.25, 0.3) is 0 Å². The van der Waals surface area contributed by atoms with E-state index in [1.54, 1.807) is 6.26 Å². The van der Waals surface area contributed by atoms with Gasteiger partial charge in [-0.3, -0.25) is 0 Å². The third-order valence-corrected chi connectivity index (χ3v) is 3.24. The summed E-state index contributed by atoms with van der Waals surface area (Å²) < 4.78 is 11.3. The Labute approximate surface area is 121 Å². The van der Waals surface area contributed by atoms with Gasteiger partial charge in [-0.1, -0.05) is 32.9 Å². The zero-order chi connectivity index (χ0) is 14.4. The Kier molecular flexibility index (Phi) is 5.24. The minimum atomic E-state index is 0.459. The average Bonchev–Trinajstić information content (AvgIpc) is 2.91. The Morgan fingerprint density at radius 1 is 1.15 bits per heavy atom. The average molecular weight is 273 g/mol. The number of rotatable bonds is 7. The maximum absolute atomic E-state index is 5.78. The largest absolute Gasteiger partial charge is 0.486 e. The lowest BCUT2D eigenvalue weighted by Gasteiger charge is -2.09. The van der Waals surface area contributed by atoms with Crippen molar-refractivity contribution in [2.24, 2.45) is 0 Å². The van der Waals surface area contributed by atoms with E-state index in [-0.39, 0.29) is 0 Å². The zero-order valence-electron chi connectivity index (χ0n) is 12.5. The van der Waals surface area contributed by atoms with E-state index in [4.69, 9.17) is 9.15 Å². The van der Waals surface area contributed by atoms with Gasteiger partial charge in [0.15, 0.2) is 0 Å². The van der Waals surface area contributed by atoms with Crippen molar-refractivity contribution in [3.63, 3.8) is 0 Å². The van der Waals surface area contributed by atoms with Crippen molar-refractivity contribution in [1.29, 1.82) is 0 Å². The maximum atomic E-state index is 5.78. The van der Waals surface area contributed by atoms with Gasteiger partial charge in [-0.25, -0.2) is 0 Å². The van der Waals surface area contributed by atoms with E-state index in [0.717, 1.165) is 30.0 Å². The summed E-state index contributed by atoms with van der Waals surface area (Å²) in [6, 6.07) is 10.7. The Hall–Kier alpha value is -1.74. The van der Waals surface area contributed by atoms with Gasteiger partial charge in [-0.15, -0.1) is 0 Å². The summed E-state index contributed by atoms with van der Waals surface area (Å²) in [6.45, 7) is 7.68. The summed E-state index contributed by atoms with van der Waals surface area (Å²) in [4.78, 5) is 0. The molecule has 0 fully saturated rings. The molecule has 1 aromatic carbocycles. The van der Waals surface area contributed by atoms with Crippen LogP contribution in [0.25, 0.3) is 0 Å². The predicted molar refractivity (Wildman–Crippen MR) is 80.8 cm³/mol. The van der Waals surface area contributed by atoms with Crippen LogP contribution < -0.4 is 10.1 Å². The molecule has 0 aliphatic heterocycles. The standard InChI is InChI=1S/C17H23NO2/c1-4-14-5-7-16(8-6-14)20-12-17-15(9-10-19-17)11-18-13(2)3/h5-10,13,18H,4,11-12H2,1-3H3. The van der Waals surface area contributed by atoms with Gasteiger partial charge in [0.05, 0.1) is 6.26 Å². The molecule has 0 spiro atoms. The van der Waals surface area contributed by atoms with Crippen LogP contribution in [0, 0.1) is 0 Å². The molecular weight excluding hydrogens is 250 g/mol. The number of ether oxygens (including phenoxy) is 1. The van der Waals surface area contributed by atoms with E-state index in [2.05, 4.69) is 38.2 Å². The van der Waals surface area contributed by atoms with Crippen LogP contribution in [-0.4, -0.2) is 6.04 Å². The first-order chi connectivity index (χ1) is 9.69. The molecule has 1 N–H and O–H groups in total. The predicted octanol–water partition coefficient (Wildman–Crippen LogP) is 3.92. The van der Waals surface area contributed by atoms with Crippen molar-refractivity contribution < 1.29 is 9.15 Å². The summed E-state index contributed by atoms with van der Waals surface area (Å²) in [5.41, 5.74) is 2.47. The summed E-state index contributed by atoms with van der Waals surface area (Å²) in [7, 11) is 0. The van der Waals surface area contributed by atoms with Crippen LogP contribution in [-0.2, 0) is 19.6 Å². The first-order valence-electron chi connectivity index (χ1n) is 7.19. The van der Waals surface area contributed by atoms with E-state index >= 15 is 0 Å². The van der Waals surface area contributed by atoms with Crippen LogP contribution in [0.2, 0.25) is 0 Å². The van der Waals surface area contributed by atoms with Gasteiger partial charge < -0.3 is 14.5 Å². The molecule has 0 aliphatic rings. The van der Waals surface area contributed by atoms with Crippen LogP contribution in [0.5, 0.6) is 5.75 Å². The van der Waals surface area contributed by atoms with Crippen molar-refractivity contribution in [3.8, 4) is 5.75 Å². The lowest BCUT2D eigenvalue weighted by atomic mass is 10.2. The molecule has 20 heavy (non-hydrogen) atoms. The van der Waals surface area contributed by atoms with Gasteiger partial charge in [0.2, 0.25) is 0 Å². The Morgan fingerprint density at radius 2 is 1.90 bits per heavy atom. The minimum absolute atomic E-state index is 0.459. The molecule has 0 amide bonds. The first-order valence-corrected chi connectivity index (χ1v) is 7.19. The third-order valence-electron chi connectivity index (χ3n) is 3.24. The van der Waals surface area contributed by atoms with E-state index in [9.17, 15) is 0 Å².